The molecule has 3 nitrogen and oxygen atoms in total. The van der Waals surface area contributed by atoms with Crippen molar-refractivity contribution in [3.05, 3.63) is 64.4 Å². The predicted molar refractivity (Wildman–Crippen MR) is 72.5 cm³/mol. The Kier molecular flexibility index (Phi) is 3.95. The minimum atomic E-state index is 0.439. The van der Waals surface area contributed by atoms with E-state index in [2.05, 4.69) is 10.1 Å². The van der Waals surface area contributed by atoms with Crippen LogP contribution < -0.4 is 0 Å². The maximum atomic E-state index is 9.13. The lowest BCUT2D eigenvalue weighted by Crippen LogP contribution is -2.07. The number of oxime groups is 1. The molecule has 0 bridgehead atoms. The largest absolute Gasteiger partial charge is 0.411 e. The second-order valence-electron chi connectivity index (χ2n) is 4.04. The van der Waals surface area contributed by atoms with Gasteiger partial charge in [-0.2, -0.15) is 0 Å². The Morgan fingerprint density at radius 1 is 1.28 bits per heavy atom. The fraction of sp³-hybridized carbons (Fsp3) is 0.143. The Morgan fingerprint density at radius 3 is 2.72 bits per heavy atom. The number of nitrogens with zero attached hydrogens (tertiary/aromatic N) is 2. The van der Waals surface area contributed by atoms with E-state index in [1.165, 1.54) is 0 Å². The quantitative estimate of drug-likeness (QED) is 0.398. The average Bonchev–Trinajstić information content (AvgIpc) is 2.36. The summed E-state index contributed by atoms with van der Waals surface area (Å²) in [5.74, 6) is 0. The predicted octanol–water partition coefficient (Wildman–Crippen LogP) is 3.46. The molecular formula is C14H13ClN2O. The SMILES string of the molecule is Cc1cccc(/C(Cc2cccc(Cl)n2)=N/O)c1. The van der Waals surface area contributed by atoms with E-state index >= 15 is 0 Å². The van der Waals surface area contributed by atoms with Crippen molar-refractivity contribution >= 4 is 17.3 Å². The van der Waals surface area contributed by atoms with Crippen LogP contribution in [0.1, 0.15) is 16.8 Å². The van der Waals surface area contributed by atoms with Crippen molar-refractivity contribution in [3.8, 4) is 0 Å². The van der Waals surface area contributed by atoms with Crippen LogP contribution in [-0.2, 0) is 6.42 Å². The summed E-state index contributed by atoms with van der Waals surface area (Å²) in [5.41, 5.74) is 3.36. The molecule has 1 aromatic heterocycles. The van der Waals surface area contributed by atoms with Crippen LogP contribution >= 0.6 is 11.6 Å². The highest BCUT2D eigenvalue weighted by molar-refractivity contribution is 6.29. The van der Waals surface area contributed by atoms with Crippen molar-refractivity contribution in [2.75, 3.05) is 0 Å². The molecule has 0 radical (unpaired) electrons. The highest BCUT2D eigenvalue weighted by atomic mass is 35.5. The zero-order valence-corrected chi connectivity index (χ0v) is 10.7. The van der Waals surface area contributed by atoms with E-state index in [9.17, 15) is 0 Å². The van der Waals surface area contributed by atoms with E-state index < -0.39 is 0 Å². The van der Waals surface area contributed by atoms with Gasteiger partial charge >= 0.3 is 0 Å². The number of aromatic nitrogens is 1. The van der Waals surface area contributed by atoms with Crippen LogP contribution in [0.3, 0.4) is 0 Å². The Morgan fingerprint density at radius 2 is 2.06 bits per heavy atom. The Hall–Kier alpha value is -1.87. The van der Waals surface area contributed by atoms with Gasteiger partial charge in [-0.15, -0.1) is 0 Å². The molecule has 4 heteroatoms. The summed E-state index contributed by atoms with van der Waals surface area (Å²) >= 11 is 5.83. The van der Waals surface area contributed by atoms with Crippen molar-refractivity contribution in [2.45, 2.75) is 13.3 Å². The van der Waals surface area contributed by atoms with Crippen LogP contribution in [-0.4, -0.2) is 15.9 Å². The zero-order valence-electron chi connectivity index (χ0n) is 9.97. The molecule has 0 saturated heterocycles. The number of hydrogen-bond donors (Lipinski definition) is 1. The molecule has 18 heavy (non-hydrogen) atoms. The summed E-state index contributed by atoms with van der Waals surface area (Å²) in [6, 6.07) is 13.2. The molecule has 0 unspecified atom stereocenters. The van der Waals surface area contributed by atoms with Gasteiger partial charge in [-0.05, 0) is 24.6 Å². The van der Waals surface area contributed by atoms with Crippen molar-refractivity contribution in [3.63, 3.8) is 0 Å². The van der Waals surface area contributed by atoms with Crippen LogP contribution in [0.25, 0.3) is 0 Å². The molecule has 92 valence electrons. The van der Waals surface area contributed by atoms with E-state index in [4.69, 9.17) is 16.8 Å². The molecule has 0 amide bonds. The lowest BCUT2D eigenvalue weighted by molar-refractivity contribution is 0.318. The lowest BCUT2D eigenvalue weighted by atomic mass is 10.0. The molecule has 2 rings (SSSR count). The number of aryl methyl sites for hydroxylation is 1. The fourth-order valence-corrected chi connectivity index (χ4v) is 1.92. The third kappa shape index (κ3) is 3.08. The van der Waals surface area contributed by atoms with Crippen molar-refractivity contribution in [1.82, 2.24) is 4.98 Å². The normalized spacial score (nSPS) is 11.6. The number of benzene rings is 1. The van der Waals surface area contributed by atoms with Gasteiger partial charge < -0.3 is 5.21 Å². The number of halogens is 1. The lowest BCUT2D eigenvalue weighted by Gasteiger charge is -2.05. The minimum Gasteiger partial charge on any atom is -0.411 e. The molecule has 0 atom stereocenters. The van der Waals surface area contributed by atoms with E-state index in [1.807, 2.05) is 43.3 Å². The van der Waals surface area contributed by atoms with Gasteiger partial charge in [0.2, 0.25) is 0 Å². The second kappa shape index (κ2) is 5.65. The van der Waals surface area contributed by atoms with Gasteiger partial charge in [0, 0.05) is 12.1 Å². The standard InChI is InChI=1S/C14H13ClN2O/c1-10-4-2-5-11(8-10)13(17-18)9-12-6-3-7-14(15)16-12/h2-8,18H,9H2,1H3/b17-13+. The first kappa shape index (κ1) is 12.6. The maximum absolute atomic E-state index is 9.13. The summed E-state index contributed by atoms with van der Waals surface area (Å²) in [6.45, 7) is 2.00. The molecule has 1 aromatic carbocycles. The van der Waals surface area contributed by atoms with Gasteiger partial charge in [0.25, 0.3) is 0 Å². The van der Waals surface area contributed by atoms with Crippen molar-refractivity contribution in [2.24, 2.45) is 5.16 Å². The Labute approximate surface area is 111 Å². The molecule has 0 fully saturated rings. The minimum absolute atomic E-state index is 0.439. The third-order valence-corrected chi connectivity index (χ3v) is 2.80. The van der Waals surface area contributed by atoms with Crippen LogP contribution in [0.4, 0.5) is 0 Å². The average molecular weight is 261 g/mol. The van der Waals surface area contributed by atoms with E-state index in [0.29, 0.717) is 17.3 Å². The van der Waals surface area contributed by atoms with Crippen LogP contribution in [0.5, 0.6) is 0 Å². The summed E-state index contributed by atoms with van der Waals surface area (Å²) in [4.78, 5) is 4.18. The Bertz CT molecular complexity index is 582. The molecule has 0 aliphatic carbocycles. The number of pyridine rings is 1. The highest BCUT2D eigenvalue weighted by Gasteiger charge is 2.07. The van der Waals surface area contributed by atoms with Gasteiger partial charge in [-0.1, -0.05) is 52.7 Å². The molecule has 1 N–H and O–H groups in total. The fourth-order valence-electron chi connectivity index (χ4n) is 1.74. The monoisotopic (exact) mass is 260 g/mol. The second-order valence-corrected chi connectivity index (χ2v) is 4.43. The van der Waals surface area contributed by atoms with Gasteiger partial charge in [-0.3, -0.25) is 0 Å². The van der Waals surface area contributed by atoms with Crippen molar-refractivity contribution in [1.29, 1.82) is 0 Å². The third-order valence-electron chi connectivity index (χ3n) is 2.59. The summed E-state index contributed by atoms with van der Waals surface area (Å²) in [6.07, 6.45) is 0.445. The molecule has 0 aliphatic rings. The summed E-state index contributed by atoms with van der Waals surface area (Å²) in [7, 11) is 0. The van der Waals surface area contributed by atoms with Crippen LogP contribution in [0, 0.1) is 6.92 Å². The topological polar surface area (TPSA) is 45.5 Å². The molecule has 1 heterocycles. The summed E-state index contributed by atoms with van der Waals surface area (Å²) in [5, 5.41) is 12.9. The van der Waals surface area contributed by atoms with Gasteiger partial charge in [0.15, 0.2) is 0 Å². The first-order valence-corrected chi connectivity index (χ1v) is 5.96. The van der Waals surface area contributed by atoms with Gasteiger partial charge in [-0.25, -0.2) is 4.98 Å². The molecular weight excluding hydrogens is 248 g/mol. The highest BCUT2D eigenvalue weighted by Crippen LogP contribution is 2.11. The zero-order chi connectivity index (χ0) is 13.0. The number of rotatable bonds is 3. The van der Waals surface area contributed by atoms with Crippen LogP contribution in [0.2, 0.25) is 5.15 Å². The van der Waals surface area contributed by atoms with E-state index in [-0.39, 0.29) is 0 Å². The first-order chi connectivity index (χ1) is 8.69. The van der Waals surface area contributed by atoms with E-state index in [0.717, 1.165) is 16.8 Å². The van der Waals surface area contributed by atoms with Crippen LogP contribution in [0.15, 0.2) is 47.6 Å². The van der Waals surface area contributed by atoms with E-state index in [1.54, 1.807) is 6.07 Å². The summed E-state index contributed by atoms with van der Waals surface area (Å²) < 4.78 is 0. The maximum Gasteiger partial charge on any atom is 0.129 e. The first-order valence-electron chi connectivity index (χ1n) is 5.58. The molecule has 0 saturated carbocycles. The molecule has 2 aromatic rings. The molecule has 0 spiro atoms. The Balaban J connectivity index is 2.26. The molecule has 0 aliphatic heterocycles. The smallest absolute Gasteiger partial charge is 0.129 e. The number of hydrogen-bond acceptors (Lipinski definition) is 3. The van der Waals surface area contributed by atoms with Gasteiger partial charge in [0.05, 0.1) is 5.71 Å². The van der Waals surface area contributed by atoms with Crippen molar-refractivity contribution < 1.29 is 5.21 Å². The van der Waals surface area contributed by atoms with Gasteiger partial charge in [0.1, 0.15) is 5.15 Å².